The number of allylic oxidation sites excluding steroid dienone is 4. The molecule has 8 atom stereocenters. The molecule has 0 radical (unpaired) electrons. The summed E-state index contributed by atoms with van der Waals surface area (Å²) in [5.74, 6) is -2.39. The molecule has 2 bridgehead atoms. The second kappa shape index (κ2) is 10.8. The highest BCUT2D eigenvalue weighted by molar-refractivity contribution is 5.95. The van der Waals surface area contributed by atoms with Crippen molar-refractivity contribution in [2.75, 3.05) is 13.2 Å². The summed E-state index contributed by atoms with van der Waals surface area (Å²) in [6.45, 7) is 11.1. The third-order valence-corrected chi connectivity index (χ3v) is 10.0. The standard InChI is InChI=1S/C32H44O7/c1-7-8-9-10-11-12-13-26(34)39-18-25-19(2)16-31-20(3)14-24-27(30(24,5)6)23(29(31)36)15-22(17-38-21(4)33)28(35)32(25,31)37/h10-13,15-16,20,23-25,27-28,35,37H,7-9,14,17-18H2,1-6H3/b11-10+,13-12-/t20-,23+,24-,25+,27+,28-,31?,32-/m1/s1. The van der Waals surface area contributed by atoms with E-state index in [1.807, 2.05) is 26.0 Å². The summed E-state index contributed by atoms with van der Waals surface area (Å²) >= 11 is 0. The lowest BCUT2D eigenvalue weighted by Crippen LogP contribution is -2.64. The van der Waals surface area contributed by atoms with Crippen LogP contribution in [-0.4, -0.2) is 52.9 Å². The minimum atomic E-state index is -1.96. The van der Waals surface area contributed by atoms with Gasteiger partial charge >= 0.3 is 11.9 Å². The van der Waals surface area contributed by atoms with Gasteiger partial charge in [0, 0.05) is 24.8 Å². The number of aliphatic hydroxyl groups excluding tert-OH is 1. The monoisotopic (exact) mass is 540 g/mol. The molecule has 214 valence electrons. The number of ether oxygens (including phenoxy) is 2. The quantitative estimate of drug-likeness (QED) is 0.146. The van der Waals surface area contributed by atoms with Gasteiger partial charge in [-0.2, -0.15) is 0 Å². The smallest absolute Gasteiger partial charge is 0.330 e. The van der Waals surface area contributed by atoms with E-state index in [4.69, 9.17) is 9.47 Å². The molecule has 7 heteroatoms. The minimum absolute atomic E-state index is 0.0454. The van der Waals surface area contributed by atoms with Gasteiger partial charge in [0.2, 0.25) is 0 Å². The Labute approximate surface area is 232 Å². The normalized spacial score (nSPS) is 38.4. The molecule has 4 aliphatic carbocycles. The van der Waals surface area contributed by atoms with Gasteiger partial charge in [-0.05, 0) is 48.5 Å². The number of aliphatic hydroxyl groups is 2. The SMILES string of the molecule is CCCC/C=C/C=C\C(=O)OC[C@H]1C(C)=CC23C(=O)[C@@H](C=C(COC(C)=O)[C@@H](O)[C@]12O)[C@H]1[C@@H](C[C@H]3C)C1(C)C. The maximum Gasteiger partial charge on any atom is 0.330 e. The van der Waals surface area contributed by atoms with Crippen molar-refractivity contribution in [3.63, 3.8) is 0 Å². The van der Waals surface area contributed by atoms with Crippen molar-refractivity contribution in [2.45, 2.75) is 78.9 Å². The van der Waals surface area contributed by atoms with Crippen LogP contribution in [0.5, 0.6) is 0 Å². The number of hydrogen-bond acceptors (Lipinski definition) is 7. The zero-order chi connectivity index (χ0) is 28.8. The average molecular weight is 541 g/mol. The van der Waals surface area contributed by atoms with E-state index in [0.29, 0.717) is 17.1 Å². The van der Waals surface area contributed by atoms with Crippen LogP contribution < -0.4 is 0 Å². The van der Waals surface area contributed by atoms with Crippen molar-refractivity contribution in [2.24, 2.45) is 40.4 Å². The first-order valence-corrected chi connectivity index (χ1v) is 14.3. The zero-order valence-electron chi connectivity index (χ0n) is 24.1. The molecular weight excluding hydrogens is 496 g/mol. The number of ketones is 1. The lowest BCUT2D eigenvalue weighted by molar-refractivity contribution is -0.184. The fraction of sp³-hybridized carbons (Fsp3) is 0.656. The first kappa shape index (κ1) is 29.5. The number of rotatable bonds is 9. The van der Waals surface area contributed by atoms with Gasteiger partial charge in [0.15, 0.2) is 5.78 Å². The topological polar surface area (TPSA) is 110 Å². The van der Waals surface area contributed by atoms with Crippen LogP contribution >= 0.6 is 0 Å². The first-order chi connectivity index (χ1) is 18.3. The van der Waals surface area contributed by atoms with E-state index in [1.165, 1.54) is 13.0 Å². The number of unbranched alkanes of at least 4 members (excludes halogenated alkanes) is 2. The molecular formula is C32H44O7. The highest BCUT2D eigenvalue weighted by Gasteiger charge is 2.75. The van der Waals surface area contributed by atoms with E-state index >= 15 is 0 Å². The number of fused-ring (bicyclic) bond motifs is 3. The van der Waals surface area contributed by atoms with Crippen molar-refractivity contribution >= 4 is 17.7 Å². The van der Waals surface area contributed by atoms with E-state index < -0.39 is 40.9 Å². The molecule has 0 aromatic heterocycles. The number of carbonyl (C=O) groups excluding carboxylic acids is 3. The van der Waals surface area contributed by atoms with Gasteiger partial charge in [-0.3, -0.25) is 9.59 Å². The Bertz CT molecular complexity index is 1130. The van der Waals surface area contributed by atoms with E-state index in [-0.39, 0.29) is 36.2 Å². The van der Waals surface area contributed by atoms with Gasteiger partial charge in [0.1, 0.15) is 24.9 Å². The number of hydrogen-bond donors (Lipinski definition) is 2. The fourth-order valence-electron chi connectivity index (χ4n) is 7.83. The molecule has 1 unspecified atom stereocenters. The third kappa shape index (κ3) is 4.76. The van der Waals surface area contributed by atoms with Gasteiger partial charge in [-0.25, -0.2) is 4.79 Å². The summed E-state index contributed by atoms with van der Waals surface area (Å²) < 4.78 is 10.8. The second-order valence-electron chi connectivity index (χ2n) is 12.6. The zero-order valence-corrected chi connectivity index (χ0v) is 24.1. The van der Waals surface area contributed by atoms with Gasteiger partial charge in [-0.1, -0.05) is 76.5 Å². The average Bonchev–Trinajstić information content (AvgIpc) is 3.35. The van der Waals surface area contributed by atoms with Gasteiger partial charge in [0.25, 0.3) is 0 Å². The summed E-state index contributed by atoms with van der Waals surface area (Å²) in [4.78, 5) is 38.7. The lowest BCUT2D eigenvalue weighted by Gasteiger charge is -2.49. The van der Waals surface area contributed by atoms with Crippen LogP contribution in [0.25, 0.3) is 0 Å². The lowest BCUT2D eigenvalue weighted by atomic mass is 9.57. The van der Waals surface area contributed by atoms with Gasteiger partial charge in [-0.15, -0.1) is 0 Å². The van der Waals surface area contributed by atoms with Gasteiger partial charge < -0.3 is 19.7 Å². The Kier molecular flexibility index (Phi) is 8.17. The number of Topliss-reactive ketones (excluding diaryl/α,β-unsaturated/α-hetero) is 1. The Morgan fingerprint density at radius 3 is 2.59 bits per heavy atom. The van der Waals surface area contributed by atoms with E-state index in [2.05, 4.69) is 20.8 Å². The molecule has 0 aliphatic heterocycles. The van der Waals surface area contributed by atoms with E-state index in [9.17, 15) is 24.6 Å². The number of esters is 2. The predicted molar refractivity (Wildman–Crippen MR) is 147 cm³/mol. The Morgan fingerprint density at radius 1 is 1.21 bits per heavy atom. The van der Waals surface area contributed by atoms with Crippen LogP contribution in [0.15, 0.2) is 47.6 Å². The van der Waals surface area contributed by atoms with Crippen LogP contribution in [0.4, 0.5) is 0 Å². The summed E-state index contributed by atoms with van der Waals surface area (Å²) in [6.07, 6.45) is 12.7. The second-order valence-corrected chi connectivity index (χ2v) is 12.6. The molecule has 4 rings (SSSR count). The summed E-state index contributed by atoms with van der Waals surface area (Å²) in [5.41, 5.74) is -2.33. The van der Waals surface area contributed by atoms with Crippen molar-refractivity contribution in [1.82, 2.24) is 0 Å². The third-order valence-electron chi connectivity index (χ3n) is 10.0. The van der Waals surface area contributed by atoms with Crippen LogP contribution in [0.1, 0.15) is 67.2 Å². The van der Waals surface area contributed by atoms with Crippen LogP contribution in [-0.2, 0) is 23.9 Å². The van der Waals surface area contributed by atoms with Crippen LogP contribution in [0.3, 0.4) is 0 Å². The maximum atomic E-state index is 14.5. The highest BCUT2D eigenvalue weighted by Crippen LogP contribution is 2.72. The molecule has 0 aromatic carbocycles. The van der Waals surface area contributed by atoms with Crippen molar-refractivity contribution in [3.05, 3.63) is 47.6 Å². The van der Waals surface area contributed by atoms with E-state index in [0.717, 1.165) is 25.7 Å². The molecule has 7 nitrogen and oxygen atoms in total. The van der Waals surface area contributed by atoms with Crippen LogP contribution in [0.2, 0.25) is 0 Å². The summed E-state index contributed by atoms with van der Waals surface area (Å²) in [5, 5.41) is 24.4. The molecule has 0 saturated heterocycles. The molecule has 0 aromatic rings. The largest absolute Gasteiger partial charge is 0.462 e. The maximum absolute atomic E-state index is 14.5. The van der Waals surface area contributed by atoms with Crippen molar-refractivity contribution < 1.29 is 34.1 Å². The fourth-order valence-corrected chi connectivity index (χ4v) is 7.83. The molecule has 1 spiro atoms. The Balaban J connectivity index is 1.67. The molecule has 0 heterocycles. The van der Waals surface area contributed by atoms with E-state index in [1.54, 1.807) is 18.2 Å². The predicted octanol–water partition coefficient (Wildman–Crippen LogP) is 4.49. The van der Waals surface area contributed by atoms with Crippen LogP contribution in [0, 0.1) is 40.4 Å². The van der Waals surface area contributed by atoms with Crippen molar-refractivity contribution in [1.29, 1.82) is 0 Å². The molecule has 2 saturated carbocycles. The molecule has 0 amide bonds. The summed E-state index contributed by atoms with van der Waals surface area (Å²) in [6, 6.07) is 0. The van der Waals surface area contributed by atoms with Gasteiger partial charge in [0.05, 0.1) is 5.41 Å². The molecule has 2 fully saturated rings. The highest BCUT2D eigenvalue weighted by atomic mass is 16.5. The molecule has 2 N–H and O–H groups in total. The Hall–Kier alpha value is -2.51. The minimum Gasteiger partial charge on any atom is -0.462 e. The molecule has 4 aliphatic rings. The number of carbonyl (C=O) groups is 3. The molecule has 39 heavy (non-hydrogen) atoms. The summed E-state index contributed by atoms with van der Waals surface area (Å²) in [7, 11) is 0. The Morgan fingerprint density at radius 2 is 1.92 bits per heavy atom. The first-order valence-electron chi connectivity index (χ1n) is 14.3. The van der Waals surface area contributed by atoms with Crippen molar-refractivity contribution in [3.8, 4) is 0 Å².